The van der Waals surface area contributed by atoms with Gasteiger partial charge in [-0.25, -0.2) is 0 Å². The van der Waals surface area contributed by atoms with Gasteiger partial charge in [-0.1, -0.05) is 6.92 Å². The Balaban J connectivity index is 1.64. The Morgan fingerprint density at radius 2 is 1.57 bits per heavy atom. The van der Waals surface area contributed by atoms with Crippen molar-refractivity contribution < 1.29 is 0 Å². The smallest absolute Gasteiger partial charge is 0.0270 e. The average molecular weight is 284 g/mol. The molecule has 2 atom stereocenters. The van der Waals surface area contributed by atoms with Gasteiger partial charge in [0, 0.05) is 18.4 Å². The first-order valence-electron chi connectivity index (χ1n) is 8.77. The normalized spacial score (nSPS) is 40.2. The van der Waals surface area contributed by atoms with Crippen molar-refractivity contribution >= 4 is 0 Å². The summed E-state index contributed by atoms with van der Waals surface area (Å²) in [6, 6.07) is 5.03. The summed E-state index contributed by atoms with van der Waals surface area (Å²) in [5.74, 6) is 3.65. The fourth-order valence-electron chi connectivity index (χ4n) is 6.50. The Morgan fingerprint density at radius 3 is 2.05 bits per heavy atom. The number of nitrogens with one attached hydrogen (secondary N) is 1. The average Bonchev–Trinajstić information content (AvgIpc) is 2.47. The van der Waals surface area contributed by atoms with Crippen LogP contribution in [0.4, 0.5) is 0 Å². The van der Waals surface area contributed by atoms with Crippen molar-refractivity contribution in [2.24, 2.45) is 23.2 Å². The predicted octanol–water partition coefficient (Wildman–Crippen LogP) is 3.99. The van der Waals surface area contributed by atoms with Gasteiger partial charge in [-0.15, -0.1) is 0 Å². The molecule has 4 saturated carbocycles. The molecule has 2 nitrogen and oxygen atoms in total. The molecule has 2 heteroatoms. The Morgan fingerprint density at radius 1 is 1.05 bits per heavy atom. The van der Waals surface area contributed by atoms with E-state index in [1.54, 1.807) is 0 Å². The summed E-state index contributed by atoms with van der Waals surface area (Å²) >= 11 is 0. The molecule has 4 bridgehead atoms. The molecule has 4 aliphatic rings. The monoisotopic (exact) mass is 284 g/mol. The summed E-state index contributed by atoms with van der Waals surface area (Å²) in [5, 5.41) is 3.74. The molecular formula is C19H28N2. The van der Waals surface area contributed by atoms with E-state index >= 15 is 0 Å². The molecule has 0 radical (unpaired) electrons. The van der Waals surface area contributed by atoms with E-state index in [0.717, 1.165) is 17.8 Å². The quantitative estimate of drug-likeness (QED) is 0.904. The molecule has 1 N–H and O–H groups in total. The first kappa shape index (κ1) is 13.8. The number of pyridine rings is 1. The van der Waals surface area contributed by atoms with Crippen LogP contribution in [0.3, 0.4) is 0 Å². The van der Waals surface area contributed by atoms with Gasteiger partial charge in [0.1, 0.15) is 0 Å². The number of hydrogen-bond acceptors (Lipinski definition) is 2. The lowest BCUT2D eigenvalue weighted by atomic mass is 9.46. The van der Waals surface area contributed by atoms with Crippen LogP contribution in [0.5, 0.6) is 0 Å². The van der Waals surface area contributed by atoms with Crippen LogP contribution in [-0.2, 0) is 0 Å². The van der Waals surface area contributed by atoms with Crippen molar-refractivity contribution in [3.63, 3.8) is 0 Å². The molecule has 114 valence electrons. The number of nitrogens with zero attached hydrogens (tertiary/aromatic N) is 1. The van der Waals surface area contributed by atoms with Gasteiger partial charge in [0.25, 0.3) is 0 Å². The third kappa shape index (κ3) is 2.23. The van der Waals surface area contributed by atoms with Crippen molar-refractivity contribution in [2.45, 2.75) is 57.4 Å². The van der Waals surface area contributed by atoms with Crippen LogP contribution in [0, 0.1) is 23.2 Å². The molecular weight excluding hydrogens is 256 g/mol. The summed E-state index contributed by atoms with van der Waals surface area (Å²) in [5.41, 5.74) is 2.01. The molecule has 0 saturated heterocycles. The second-order valence-electron chi connectivity index (χ2n) is 8.12. The Bertz CT molecular complexity index is 460. The van der Waals surface area contributed by atoms with Gasteiger partial charge in [-0.05, 0) is 92.4 Å². The predicted molar refractivity (Wildman–Crippen MR) is 86.1 cm³/mol. The summed E-state index contributed by atoms with van der Waals surface area (Å²) in [7, 11) is 2.18. The maximum absolute atomic E-state index is 4.18. The third-order valence-electron chi connectivity index (χ3n) is 6.79. The molecule has 0 spiro atoms. The van der Waals surface area contributed by atoms with Crippen molar-refractivity contribution in [1.29, 1.82) is 0 Å². The number of hydrogen-bond donors (Lipinski definition) is 1. The molecule has 1 aromatic rings. The Hall–Kier alpha value is -0.890. The number of rotatable bonds is 4. The zero-order chi connectivity index (χ0) is 14.4. The van der Waals surface area contributed by atoms with Gasteiger partial charge >= 0.3 is 0 Å². The lowest BCUT2D eigenvalue weighted by molar-refractivity contribution is -0.0765. The summed E-state index contributed by atoms with van der Waals surface area (Å²) < 4.78 is 0. The molecule has 4 aliphatic carbocycles. The zero-order valence-corrected chi connectivity index (χ0v) is 13.4. The molecule has 2 unspecified atom stereocenters. The van der Waals surface area contributed by atoms with Crippen LogP contribution in [0.2, 0.25) is 0 Å². The van der Waals surface area contributed by atoms with Gasteiger partial charge in [0.15, 0.2) is 0 Å². The van der Waals surface area contributed by atoms with Crippen molar-refractivity contribution in [3.05, 3.63) is 30.1 Å². The van der Waals surface area contributed by atoms with Gasteiger partial charge in [-0.2, -0.15) is 0 Å². The second-order valence-corrected chi connectivity index (χ2v) is 8.12. The molecule has 1 aromatic heterocycles. The Labute approximate surface area is 128 Å². The van der Waals surface area contributed by atoms with Gasteiger partial charge < -0.3 is 5.32 Å². The molecule has 21 heavy (non-hydrogen) atoms. The Kier molecular flexibility index (Phi) is 3.33. The highest BCUT2D eigenvalue weighted by atomic mass is 14.9. The van der Waals surface area contributed by atoms with Gasteiger partial charge in [0.05, 0.1) is 0 Å². The second kappa shape index (κ2) is 5.08. The largest absolute Gasteiger partial charge is 0.316 e. The van der Waals surface area contributed by atoms with E-state index in [1.165, 1.54) is 44.1 Å². The highest BCUT2D eigenvalue weighted by Crippen LogP contribution is 2.62. The minimum atomic E-state index is 0.562. The fraction of sp³-hybridized carbons (Fsp3) is 0.737. The maximum Gasteiger partial charge on any atom is 0.0270 e. The summed E-state index contributed by atoms with van der Waals surface area (Å²) in [6.07, 6.45) is 12.9. The maximum atomic E-state index is 4.18. The van der Waals surface area contributed by atoms with Crippen LogP contribution < -0.4 is 5.32 Å². The standard InChI is InChI=1S/C19H28N2/c1-13(17-3-5-21-6-4-17)18(20-2)19-10-14-7-15(11-19)9-16(8-14)12-19/h3-6,13-16,18,20H,7-12H2,1-2H3. The molecule has 0 amide bonds. The van der Waals surface area contributed by atoms with Crippen LogP contribution in [-0.4, -0.2) is 18.1 Å². The van der Waals surface area contributed by atoms with Crippen molar-refractivity contribution in [1.82, 2.24) is 10.3 Å². The molecule has 4 fully saturated rings. The first-order chi connectivity index (χ1) is 10.2. The number of aromatic nitrogens is 1. The van der Waals surface area contributed by atoms with Crippen LogP contribution >= 0.6 is 0 Å². The lowest BCUT2D eigenvalue weighted by Gasteiger charge is -2.60. The SMILES string of the molecule is CNC(C(C)c1ccncc1)C12CC3CC(CC(C3)C1)C2. The van der Waals surface area contributed by atoms with E-state index in [1.807, 2.05) is 12.4 Å². The molecule has 0 aliphatic heterocycles. The van der Waals surface area contributed by atoms with Crippen LogP contribution in [0.25, 0.3) is 0 Å². The van der Waals surface area contributed by atoms with Crippen LogP contribution in [0.1, 0.15) is 56.9 Å². The van der Waals surface area contributed by atoms with E-state index in [9.17, 15) is 0 Å². The van der Waals surface area contributed by atoms with Crippen molar-refractivity contribution in [2.75, 3.05) is 7.05 Å². The van der Waals surface area contributed by atoms with Crippen LogP contribution in [0.15, 0.2) is 24.5 Å². The number of likely N-dealkylation sites (N-methyl/N-ethyl adjacent to an activating group) is 1. The topological polar surface area (TPSA) is 24.9 Å². The minimum Gasteiger partial charge on any atom is -0.316 e. The van der Waals surface area contributed by atoms with Gasteiger partial charge in [-0.3, -0.25) is 4.98 Å². The van der Waals surface area contributed by atoms with E-state index in [4.69, 9.17) is 0 Å². The van der Waals surface area contributed by atoms with Crippen molar-refractivity contribution in [3.8, 4) is 0 Å². The molecule has 5 rings (SSSR count). The van der Waals surface area contributed by atoms with E-state index in [0.29, 0.717) is 17.4 Å². The molecule has 1 heterocycles. The third-order valence-corrected chi connectivity index (χ3v) is 6.79. The highest BCUT2D eigenvalue weighted by molar-refractivity contribution is 5.20. The lowest BCUT2D eigenvalue weighted by Crippen LogP contribution is -2.56. The van der Waals surface area contributed by atoms with E-state index < -0.39 is 0 Å². The highest BCUT2D eigenvalue weighted by Gasteiger charge is 2.54. The fourth-order valence-corrected chi connectivity index (χ4v) is 6.50. The van der Waals surface area contributed by atoms with E-state index in [-0.39, 0.29) is 0 Å². The minimum absolute atomic E-state index is 0.562. The zero-order valence-electron chi connectivity index (χ0n) is 13.4. The summed E-state index contributed by atoms with van der Waals surface area (Å²) in [6.45, 7) is 2.41. The molecule has 0 aromatic carbocycles. The van der Waals surface area contributed by atoms with Gasteiger partial charge in [0.2, 0.25) is 0 Å². The summed E-state index contributed by atoms with van der Waals surface area (Å²) in [4.78, 5) is 4.18. The van der Waals surface area contributed by atoms with E-state index in [2.05, 4.69) is 36.4 Å². The first-order valence-corrected chi connectivity index (χ1v) is 8.77.